The van der Waals surface area contributed by atoms with Gasteiger partial charge in [0.15, 0.2) is 5.11 Å². The van der Waals surface area contributed by atoms with Crippen LogP contribution in [0, 0.1) is 0 Å². The maximum absolute atomic E-state index is 11.4. The predicted molar refractivity (Wildman–Crippen MR) is 65.5 cm³/mol. The van der Waals surface area contributed by atoms with Crippen molar-refractivity contribution in [3.8, 4) is 0 Å². The Balaban J connectivity index is 2.32. The lowest BCUT2D eigenvalue weighted by atomic mass is 10.2. The SMILES string of the molecule is NC(=S)Nc1ccccc1N1CCOC1=O. The highest BCUT2D eigenvalue weighted by molar-refractivity contribution is 7.80. The molecule has 1 aliphatic rings. The monoisotopic (exact) mass is 237 g/mol. The van der Waals surface area contributed by atoms with Crippen molar-refractivity contribution in [2.45, 2.75) is 0 Å². The molecule has 1 aliphatic heterocycles. The molecule has 0 saturated carbocycles. The maximum Gasteiger partial charge on any atom is 0.414 e. The molecule has 1 aromatic rings. The predicted octanol–water partition coefficient (Wildman–Crippen LogP) is 1.30. The second kappa shape index (κ2) is 4.36. The van der Waals surface area contributed by atoms with Crippen LogP contribution in [0.15, 0.2) is 24.3 Å². The first-order valence-electron chi connectivity index (χ1n) is 4.78. The number of ether oxygens (including phenoxy) is 1. The summed E-state index contributed by atoms with van der Waals surface area (Å²) in [5.41, 5.74) is 6.84. The van der Waals surface area contributed by atoms with Crippen molar-refractivity contribution >= 4 is 34.8 Å². The number of benzene rings is 1. The number of hydrogen-bond donors (Lipinski definition) is 2. The molecule has 0 bridgehead atoms. The Bertz CT molecular complexity index is 436. The summed E-state index contributed by atoms with van der Waals surface area (Å²) in [6.45, 7) is 0.940. The van der Waals surface area contributed by atoms with Gasteiger partial charge in [0.1, 0.15) is 6.61 Å². The molecule has 1 aromatic carbocycles. The number of cyclic esters (lactones) is 1. The van der Waals surface area contributed by atoms with Gasteiger partial charge < -0.3 is 15.8 Å². The standard InChI is InChI=1S/C10H11N3O2S/c11-9(16)12-7-3-1-2-4-8(7)13-5-6-15-10(13)14/h1-4H,5-6H2,(H3,11,12,16). The summed E-state index contributed by atoms with van der Waals surface area (Å²) >= 11 is 4.77. The van der Waals surface area contributed by atoms with Gasteiger partial charge >= 0.3 is 6.09 Å². The second-order valence-corrected chi connectivity index (χ2v) is 3.71. The highest BCUT2D eigenvalue weighted by Crippen LogP contribution is 2.27. The van der Waals surface area contributed by atoms with Gasteiger partial charge in [-0.05, 0) is 24.4 Å². The molecule has 5 nitrogen and oxygen atoms in total. The van der Waals surface area contributed by atoms with Gasteiger partial charge in [-0.15, -0.1) is 0 Å². The molecule has 6 heteroatoms. The molecule has 3 N–H and O–H groups in total. The van der Waals surface area contributed by atoms with E-state index in [1.54, 1.807) is 11.0 Å². The third kappa shape index (κ3) is 2.06. The normalized spacial score (nSPS) is 14.8. The highest BCUT2D eigenvalue weighted by atomic mass is 32.1. The Morgan fingerprint density at radius 2 is 2.25 bits per heavy atom. The number of thiocarbonyl (C=S) groups is 1. The van der Waals surface area contributed by atoms with Crippen LogP contribution < -0.4 is 16.0 Å². The minimum atomic E-state index is -0.350. The van der Waals surface area contributed by atoms with E-state index in [-0.39, 0.29) is 11.2 Å². The zero-order chi connectivity index (χ0) is 11.5. The van der Waals surface area contributed by atoms with Crippen LogP contribution in [-0.4, -0.2) is 24.4 Å². The number of para-hydroxylation sites is 2. The first-order chi connectivity index (χ1) is 7.68. The van der Waals surface area contributed by atoms with E-state index in [9.17, 15) is 4.79 Å². The summed E-state index contributed by atoms with van der Waals surface area (Å²) < 4.78 is 4.87. The Morgan fingerprint density at radius 1 is 1.50 bits per heavy atom. The minimum Gasteiger partial charge on any atom is -0.447 e. The summed E-state index contributed by atoms with van der Waals surface area (Å²) in [6.07, 6.45) is -0.350. The third-order valence-corrected chi connectivity index (χ3v) is 2.32. The van der Waals surface area contributed by atoms with E-state index in [1.807, 2.05) is 18.2 Å². The van der Waals surface area contributed by atoms with Gasteiger partial charge in [-0.3, -0.25) is 4.90 Å². The maximum atomic E-state index is 11.4. The van der Waals surface area contributed by atoms with Crippen molar-refractivity contribution in [3.05, 3.63) is 24.3 Å². The number of anilines is 2. The zero-order valence-electron chi connectivity index (χ0n) is 8.47. The minimum absolute atomic E-state index is 0.167. The van der Waals surface area contributed by atoms with E-state index >= 15 is 0 Å². The molecule has 0 radical (unpaired) electrons. The molecule has 1 fully saturated rings. The van der Waals surface area contributed by atoms with Gasteiger partial charge in [0, 0.05) is 0 Å². The summed E-state index contributed by atoms with van der Waals surface area (Å²) in [5.74, 6) is 0. The molecule has 0 unspecified atom stereocenters. The summed E-state index contributed by atoms with van der Waals surface area (Å²) in [5, 5.41) is 3.00. The molecule has 0 aliphatic carbocycles. The Kier molecular flexibility index (Phi) is 2.91. The fraction of sp³-hybridized carbons (Fsp3) is 0.200. The van der Waals surface area contributed by atoms with Crippen molar-refractivity contribution in [2.24, 2.45) is 5.73 Å². The van der Waals surface area contributed by atoms with Crippen molar-refractivity contribution in [1.82, 2.24) is 0 Å². The first-order valence-corrected chi connectivity index (χ1v) is 5.19. The van der Waals surface area contributed by atoms with Gasteiger partial charge in [-0.2, -0.15) is 0 Å². The van der Waals surface area contributed by atoms with E-state index in [2.05, 4.69) is 5.32 Å². The molecule has 16 heavy (non-hydrogen) atoms. The topological polar surface area (TPSA) is 67.6 Å². The van der Waals surface area contributed by atoms with E-state index in [0.717, 1.165) is 5.69 Å². The fourth-order valence-electron chi connectivity index (χ4n) is 1.56. The summed E-state index contributed by atoms with van der Waals surface area (Å²) in [4.78, 5) is 13.0. The van der Waals surface area contributed by atoms with E-state index in [0.29, 0.717) is 18.8 Å². The molecule has 1 amide bonds. The number of nitrogens with two attached hydrogens (primary N) is 1. The van der Waals surface area contributed by atoms with Crippen LogP contribution in [0.4, 0.5) is 16.2 Å². The van der Waals surface area contributed by atoms with Gasteiger partial charge in [-0.25, -0.2) is 4.79 Å². The van der Waals surface area contributed by atoms with Gasteiger partial charge in [0.25, 0.3) is 0 Å². The molecule has 1 saturated heterocycles. The average Bonchev–Trinajstić information content (AvgIpc) is 2.64. The lowest BCUT2D eigenvalue weighted by Gasteiger charge is -2.17. The van der Waals surface area contributed by atoms with Gasteiger partial charge in [-0.1, -0.05) is 12.1 Å². The molecule has 0 spiro atoms. The number of amides is 1. The number of nitrogens with zero attached hydrogens (tertiary/aromatic N) is 1. The first kappa shape index (κ1) is 10.7. The van der Waals surface area contributed by atoms with Crippen LogP contribution in [0.2, 0.25) is 0 Å². The van der Waals surface area contributed by atoms with Crippen molar-refractivity contribution in [2.75, 3.05) is 23.4 Å². The number of hydrogen-bond acceptors (Lipinski definition) is 3. The number of rotatable bonds is 2. The summed E-state index contributed by atoms with van der Waals surface area (Å²) in [7, 11) is 0. The molecule has 1 heterocycles. The van der Waals surface area contributed by atoms with E-state index < -0.39 is 0 Å². The molecule has 0 atom stereocenters. The van der Waals surface area contributed by atoms with E-state index in [4.69, 9.17) is 22.7 Å². The fourth-order valence-corrected chi connectivity index (χ4v) is 1.67. The Morgan fingerprint density at radius 3 is 2.88 bits per heavy atom. The highest BCUT2D eigenvalue weighted by Gasteiger charge is 2.25. The largest absolute Gasteiger partial charge is 0.447 e. The van der Waals surface area contributed by atoms with Crippen molar-refractivity contribution < 1.29 is 9.53 Å². The van der Waals surface area contributed by atoms with Crippen molar-refractivity contribution in [3.63, 3.8) is 0 Å². The van der Waals surface area contributed by atoms with Gasteiger partial charge in [0.2, 0.25) is 0 Å². The average molecular weight is 237 g/mol. The lowest BCUT2D eigenvalue weighted by molar-refractivity contribution is 0.181. The third-order valence-electron chi connectivity index (χ3n) is 2.21. The Hall–Kier alpha value is -1.82. The van der Waals surface area contributed by atoms with E-state index in [1.165, 1.54) is 0 Å². The summed E-state index contributed by atoms with van der Waals surface area (Å²) in [6, 6.07) is 7.30. The zero-order valence-corrected chi connectivity index (χ0v) is 9.29. The number of carbonyl (C=O) groups is 1. The van der Waals surface area contributed by atoms with Crippen LogP contribution in [0.1, 0.15) is 0 Å². The number of nitrogens with one attached hydrogen (secondary N) is 1. The smallest absolute Gasteiger partial charge is 0.414 e. The molecule has 0 aromatic heterocycles. The number of carbonyl (C=O) groups excluding carboxylic acids is 1. The van der Waals surface area contributed by atoms with Crippen LogP contribution in [-0.2, 0) is 4.74 Å². The second-order valence-electron chi connectivity index (χ2n) is 3.27. The molecule has 84 valence electrons. The lowest BCUT2D eigenvalue weighted by Crippen LogP contribution is -2.26. The van der Waals surface area contributed by atoms with Gasteiger partial charge in [0.05, 0.1) is 17.9 Å². The molecular weight excluding hydrogens is 226 g/mol. The van der Waals surface area contributed by atoms with Crippen LogP contribution in [0.3, 0.4) is 0 Å². The van der Waals surface area contributed by atoms with Crippen LogP contribution >= 0.6 is 12.2 Å². The van der Waals surface area contributed by atoms with Crippen LogP contribution in [0.5, 0.6) is 0 Å². The van der Waals surface area contributed by atoms with Crippen molar-refractivity contribution in [1.29, 1.82) is 0 Å². The van der Waals surface area contributed by atoms with Crippen LogP contribution in [0.25, 0.3) is 0 Å². The molecular formula is C10H11N3O2S. The molecule has 2 rings (SSSR count). The Labute approximate surface area is 98.2 Å². The quantitative estimate of drug-likeness (QED) is 0.759.